The molecule has 2 aromatic rings. The zero-order valence-electron chi connectivity index (χ0n) is 10.8. The number of carboxylic acid groups (broad SMARTS) is 1. The minimum atomic E-state index is -1.07. The number of rotatable bonds is 4. The first-order valence-electron chi connectivity index (χ1n) is 6.03. The Morgan fingerprint density at radius 1 is 1.14 bits per heavy atom. The Bertz CT molecular complexity index is 686. The van der Waals surface area contributed by atoms with Crippen molar-refractivity contribution >= 4 is 45.1 Å². The van der Waals surface area contributed by atoms with Crippen molar-refractivity contribution in [1.29, 1.82) is 0 Å². The van der Waals surface area contributed by atoms with Gasteiger partial charge in [0, 0.05) is 4.47 Å². The van der Waals surface area contributed by atoms with Gasteiger partial charge in [-0.3, -0.25) is 4.79 Å². The van der Waals surface area contributed by atoms with Crippen molar-refractivity contribution in [2.45, 2.75) is 6.42 Å². The fourth-order valence-electron chi connectivity index (χ4n) is 1.73. The van der Waals surface area contributed by atoms with Gasteiger partial charge in [0.2, 0.25) is 5.91 Å². The van der Waals surface area contributed by atoms with E-state index in [2.05, 4.69) is 21.2 Å². The Balaban J connectivity index is 2.06. The molecular formula is C15H11BrClNO3. The first-order valence-corrected chi connectivity index (χ1v) is 7.20. The minimum Gasteiger partial charge on any atom is -0.478 e. The zero-order valence-corrected chi connectivity index (χ0v) is 13.1. The van der Waals surface area contributed by atoms with Crippen LogP contribution in [-0.4, -0.2) is 17.0 Å². The van der Waals surface area contributed by atoms with Gasteiger partial charge in [-0.05, 0) is 35.9 Å². The number of nitrogens with one attached hydrogen (secondary N) is 1. The molecule has 2 N–H and O–H groups in total. The van der Waals surface area contributed by atoms with Crippen LogP contribution in [0.1, 0.15) is 15.9 Å². The van der Waals surface area contributed by atoms with Gasteiger partial charge in [-0.1, -0.05) is 39.7 Å². The van der Waals surface area contributed by atoms with Gasteiger partial charge in [-0.25, -0.2) is 4.79 Å². The SMILES string of the molecule is O=C(Cc1ccc(Br)cc1)Nc1ccc(C(=O)O)cc1Cl. The lowest BCUT2D eigenvalue weighted by molar-refractivity contribution is -0.115. The lowest BCUT2D eigenvalue weighted by atomic mass is 10.1. The Morgan fingerprint density at radius 3 is 2.38 bits per heavy atom. The van der Waals surface area contributed by atoms with Crippen LogP contribution < -0.4 is 5.32 Å². The minimum absolute atomic E-state index is 0.0749. The molecule has 0 spiro atoms. The van der Waals surface area contributed by atoms with Crippen molar-refractivity contribution in [3.8, 4) is 0 Å². The lowest BCUT2D eigenvalue weighted by Gasteiger charge is -2.08. The van der Waals surface area contributed by atoms with Crippen molar-refractivity contribution in [3.63, 3.8) is 0 Å². The van der Waals surface area contributed by atoms with E-state index in [4.69, 9.17) is 16.7 Å². The second-order valence-corrected chi connectivity index (χ2v) is 5.67. The van der Waals surface area contributed by atoms with Crippen LogP contribution in [0.5, 0.6) is 0 Å². The molecule has 6 heteroatoms. The summed E-state index contributed by atoms with van der Waals surface area (Å²) < 4.78 is 0.943. The number of hydrogen-bond donors (Lipinski definition) is 2. The molecule has 4 nitrogen and oxygen atoms in total. The topological polar surface area (TPSA) is 66.4 Å². The number of hydrogen-bond acceptors (Lipinski definition) is 2. The molecule has 0 saturated carbocycles. The number of carboxylic acids is 1. The van der Waals surface area contributed by atoms with Crippen LogP contribution in [0, 0.1) is 0 Å². The lowest BCUT2D eigenvalue weighted by Crippen LogP contribution is -2.14. The smallest absolute Gasteiger partial charge is 0.335 e. The zero-order chi connectivity index (χ0) is 15.4. The van der Waals surface area contributed by atoms with Gasteiger partial charge in [0.1, 0.15) is 0 Å². The normalized spacial score (nSPS) is 10.2. The molecule has 0 atom stereocenters. The van der Waals surface area contributed by atoms with E-state index in [1.807, 2.05) is 24.3 Å². The van der Waals surface area contributed by atoms with Crippen molar-refractivity contribution in [1.82, 2.24) is 0 Å². The summed E-state index contributed by atoms with van der Waals surface area (Å²) in [6.45, 7) is 0. The third-order valence-electron chi connectivity index (χ3n) is 2.77. The van der Waals surface area contributed by atoms with Crippen molar-refractivity contribution in [2.75, 3.05) is 5.32 Å². The molecule has 108 valence electrons. The predicted molar refractivity (Wildman–Crippen MR) is 84.9 cm³/mol. The second kappa shape index (κ2) is 6.74. The molecule has 1 amide bonds. The molecule has 21 heavy (non-hydrogen) atoms. The molecule has 2 aromatic carbocycles. The van der Waals surface area contributed by atoms with Gasteiger partial charge in [0.25, 0.3) is 0 Å². The predicted octanol–water partition coefficient (Wildman–Crippen LogP) is 3.98. The summed E-state index contributed by atoms with van der Waals surface area (Å²) >= 11 is 9.28. The monoisotopic (exact) mass is 367 g/mol. The summed E-state index contributed by atoms with van der Waals surface area (Å²) in [5.74, 6) is -1.29. The average molecular weight is 369 g/mol. The highest BCUT2D eigenvalue weighted by Gasteiger charge is 2.10. The Labute approximate surface area is 134 Å². The van der Waals surface area contributed by atoms with Gasteiger partial charge in [-0.2, -0.15) is 0 Å². The molecule has 0 aliphatic heterocycles. The quantitative estimate of drug-likeness (QED) is 0.858. The molecule has 0 aliphatic carbocycles. The number of carbonyl (C=O) groups is 2. The van der Waals surface area contributed by atoms with Crippen LogP contribution in [-0.2, 0) is 11.2 Å². The standard InChI is InChI=1S/C15H11BrClNO3/c16-11-4-1-9(2-5-11)7-14(19)18-13-6-3-10(15(20)21)8-12(13)17/h1-6,8H,7H2,(H,18,19)(H,20,21). The summed E-state index contributed by atoms with van der Waals surface area (Å²) in [6, 6.07) is 11.6. The Hall–Kier alpha value is -1.85. The van der Waals surface area contributed by atoms with E-state index in [-0.39, 0.29) is 22.9 Å². The summed E-state index contributed by atoms with van der Waals surface area (Å²) in [7, 11) is 0. The van der Waals surface area contributed by atoms with E-state index in [1.54, 1.807) is 0 Å². The fourth-order valence-corrected chi connectivity index (χ4v) is 2.22. The number of carbonyl (C=O) groups excluding carboxylic acids is 1. The highest BCUT2D eigenvalue weighted by Crippen LogP contribution is 2.23. The van der Waals surface area contributed by atoms with Crippen LogP contribution >= 0.6 is 27.5 Å². The van der Waals surface area contributed by atoms with Gasteiger partial charge in [0.15, 0.2) is 0 Å². The molecule has 0 heterocycles. The van der Waals surface area contributed by atoms with Crippen molar-refractivity contribution < 1.29 is 14.7 Å². The maximum Gasteiger partial charge on any atom is 0.335 e. The van der Waals surface area contributed by atoms with E-state index in [1.165, 1.54) is 18.2 Å². The first-order chi connectivity index (χ1) is 9.95. The van der Waals surface area contributed by atoms with Crippen LogP contribution in [0.4, 0.5) is 5.69 Å². The van der Waals surface area contributed by atoms with Crippen LogP contribution in [0.2, 0.25) is 5.02 Å². The second-order valence-electron chi connectivity index (χ2n) is 4.35. The molecule has 0 saturated heterocycles. The van der Waals surface area contributed by atoms with Gasteiger partial charge < -0.3 is 10.4 Å². The molecular weight excluding hydrogens is 358 g/mol. The van der Waals surface area contributed by atoms with E-state index < -0.39 is 5.97 Å². The summed E-state index contributed by atoms with van der Waals surface area (Å²) in [5.41, 5.74) is 1.34. The Morgan fingerprint density at radius 2 is 1.81 bits per heavy atom. The molecule has 0 bridgehead atoms. The molecule has 0 aromatic heterocycles. The molecule has 0 radical (unpaired) electrons. The van der Waals surface area contributed by atoms with E-state index in [0.29, 0.717) is 5.69 Å². The molecule has 2 rings (SSSR count). The number of benzene rings is 2. The van der Waals surface area contributed by atoms with Gasteiger partial charge in [0.05, 0.1) is 22.7 Å². The van der Waals surface area contributed by atoms with E-state index in [9.17, 15) is 9.59 Å². The van der Waals surface area contributed by atoms with Crippen molar-refractivity contribution in [2.24, 2.45) is 0 Å². The summed E-state index contributed by atoms with van der Waals surface area (Å²) in [5, 5.41) is 11.7. The number of amides is 1. The largest absolute Gasteiger partial charge is 0.478 e. The van der Waals surface area contributed by atoms with Crippen LogP contribution in [0.3, 0.4) is 0 Å². The summed E-state index contributed by atoms with van der Waals surface area (Å²) in [6.07, 6.45) is 0.213. The van der Waals surface area contributed by atoms with Gasteiger partial charge in [-0.15, -0.1) is 0 Å². The van der Waals surface area contributed by atoms with Gasteiger partial charge >= 0.3 is 5.97 Å². The highest BCUT2D eigenvalue weighted by molar-refractivity contribution is 9.10. The third-order valence-corrected chi connectivity index (χ3v) is 3.61. The maximum absolute atomic E-state index is 11.9. The fraction of sp³-hybridized carbons (Fsp3) is 0.0667. The average Bonchev–Trinajstić information content (AvgIpc) is 2.43. The van der Waals surface area contributed by atoms with E-state index >= 15 is 0 Å². The number of anilines is 1. The highest BCUT2D eigenvalue weighted by atomic mass is 79.9. The molecule has 0 unspecified atom stereocenters. The first kappa shape index (κ1) is 15.5. The van der Waals surface area contributed by atoms with Crippen molar-refractivity contribution in [3.05, 3.63) is 63.1 Å². The molecule has 0 aliphatic rings. The Kier molecular flexibility index (Phi) is 4.98. The third kappa shape index (κ3) is 4.31. The van der Waals surface area contributed by atoms with E-state index in [0.717, 1.165) is 10.0 Å². The van der Waals surface area contributed by atoms with Crippen LogP contribution in [0.15, 0.2) is 46.9 Å². The molecule has 0 fully saturated rings. The number of halogens is 2. The summed E-state index contributed by atoms with van der Waals surface area (Å²) in [4.78, 5) is 22.7. The number of aromatic carboxylic acids is 1. The van der Waals surface area contributed by atoms with Crippen LogP contribution in [0.25, 0.3) is 0 Å². The maximum atomic E-state index is 11.9.